The molecule has 0 aromatic heterocycles. The Labute approximate surface area is 141 Å². The van der Waals surface area contributed by atoms with Crippen LogP contribution in [0.1, 0.15) is 31.4 Å². The summed E-state index contributed by atoms with van der Waals surface area (Å²) in [5, 5.41) is 10.1. The second-order valence-electron chi connectivity index (χ2n) is 6.82. The van der Waals surface area contributed by atoms with E-state index in [1.165, 1.54) is 12.0 Å². The molecule has 0 spiro atoms. The summed E-state index contributed by atoms with van der Waals surface area (Å²) in [7, 11) is 0. The highest BCUT2D eigenvalue weighted by molar-refractivity contribution is 5.85. The zero-order valence-electron chi connectivity index (χ0n) is 14.0. The Balaban J connectivity index is 0.00000242. The van der Waals surface area contributed by atoms with Gasteiger partial charge in [-0.25, -0.2) is 0 Å². The molecule has 3 nitrogen and oxygen atoms in total. The molecule has 1 saturated heterocycles. The van der Waals surface area contributed by atoms with Crippen LogP contribution in [-0.4, -0.2) is 42.4 Å². The molecule has 1 aromatic carbocycles. The molecule has 1 heterocycles. The number of aliphatic hydroxyl groups is 1. The molecule has 3 unspecified atom stereocenters. The van der Waals surface area contributed by atoms with Gasteiger partial charge in [0.1, 0.15) is 0 Å². The Bertz CT molecular complexity index is 414. The SMILES string of the molecule is Cc1ccc(COCC(O)CN2CC(C)CC(C)C2)cc1.Cl. The van der Waals surface area contributed by atoms with Gasteiger partial charge in [0.05, 0.1) is 19.3 Å². The molecule has 0 aliphatic carbocycles. The second-order valence-corrected chi connectivity index (χ2v) is 6.82. The number of hydrogen-bond donors (Lipinski definition) is 1. The van der Waals surface area contributed by atoms with Crippen LogP contribution in [0.15, 0.2) is 24.3 Å². The Morgan fingerprint density at radius 3 is 2.36 bits per heavy atom. The van der Waals surface area contributed by atoms with Crippen LogP contribution in [0.3, 0.4) is 0 Å². The summed E-state index contributed by atoms with van der Waals surface area (Å²) >= 11 is 0. The molecule has 2 rings (SSSR count). The van der Waals surface area contributed by atoms with Crippen LogP contribution in [0.5, 0.6) is 0 Å². The highest BCUT2D eigenvalue weighted by Crippen LogP contribution is 2.20. The van der Waals surface area contributed by atoms with Gasteiger partial charge < -0.3 is 14.7 Å². The largest absolute Gasteiger partial charge is 0.389 e. The molecule has 1 aliphatic rings. The smallest absolute Gasteiger partial charge is 0.0900 e. The van der Waals surface area contributed by atoms with Crippen molar-refractivity contribution in [2.24, 2.45) is 11.8 Å². The van der Waals surface area contributed by atoms with Crippen LogP contribution in [0.2, 0.25) is 0 Å². The lowest BCUT2D eigenvalue weighted by atomic mass is 9.92. The number of nitrogens with zero attached hydrogens (tertiary/aromatic N) is 1. The standard InChI is InChI=1S/C18H29NO2.ClH/c1-14-4-6-17(7-5-14)12-21-13-18(20)11-19-9-15(2)8-16(3)10-19;/h4-7,15-16,18,20H,8-13H2,1-3H3;1H. The highest BCUT2D eigenvalue weighted by atomic mass is 35.5. The van der Waals surface area contributed by atoms with Crippen LogP contribution in [-0.2, 0) is 11.3 Å². The first-order chi connectivity index (χ1) is 10.0. The third-order valence-corrected chi connectivity index (χ3v) is 4.11. The zero-order valence-corrected chi connectivity index (χ0v) is 14.8. The lowest BCUT2D eigenvalue weighted by Gasteiger charge is -2.35. The van der Waals surface area contributed by atoms with Gasteiger partial charge in [-0.1, -0.05) is 43.7 Å². The molecule has 1 N–H and O–H groups in total. The minimum absolute atomic E-state index is 0. The first kappa shape index (κ1) is 19.4. The van der Waals surface area contributed by atoms with Crippen LogP contribution >= 0.6 is 12.4 Å². The number of aliphatic hydroxyl groups excluding tert-OH is 1. The number of piperidine rings is 1. The van der Waals surface area contributed by atoms with E-state index in [2.05, 4.69) is 49.9 Å². The van der Waals surface area contributed by atoms with Crippen molar-refractivity contribution >= 4 is 12.4 Å². The van der Waals surface area contributed by atoms with Gasteiger partial charge in [-0.2, -0.15) is 0 Å². The van der Waals surface area contributed by atoms with Gasteiger partial charge in [0.2, 0.25) is 0 Å². The van der Waals surface area contributed by atoms with Crippen molar-refractivity contribution in [1.82, 2.24) is 4.90 Å². The van der Waals surface area contributed by atoms with Crippen molar-refractivity contribution < 1.29 is 9.84 Å². The maximum Gasteiger partial charge on any atom is 0.0900 e. The highest BCUT2D eigenvalue weighted by Gasteiger charge is 2.23. The van der Waals surface area contributed by atoms with Gasteiger partial charge in [0, 0.05) is 19.6 Å². The van der Waals surface area contributed by atoms with Crippen molar-refractivity contribution in [1.29, 1.82) is 0 Å². The molecule has 0 amide bonds. The summed E-state index contributed by atoms with van der Waals surface area (Å²) in [5.74, 6) is 1.46. The maximum atomic E-state index is 10.1. The van der Waals surface area contributed by atoms with E-state index < -0.39 is 6.10 Å². The fourth-order valence-electron chi connectivity index (χ4n) is 3.29. The zero-order chi connectivity index (χ0) is 15.2. The van der Waals surface area contributed by atoms with E-state index in [1.54, 1.807) is 0 Å². The van der Waals surface area contributed by atoms with Crippen LogP contribution in [0.25, 0.3) is 0 Å². The lowest BCUT2D eigenvalue weighted by Crippen LogP contribution is -2.43. The number of halogens is 1. The third kappa shape index (κ3) is 6.66. The van der Waals surface area contributed by atoms with Crippen LogP contribution < -0.4 is 0 Å². The quantitative estimate of drug-likeness (QED) is 0.870. The lowest BCUT2D eigenvalue weighted by molar-refractivity contribution is -0.000895. The molecule has 0 saturated carbocycles. The minimum Gasteiger partial charge on any atom is -0.389 e. The number of likely N-dealkylation sites (tertiary alicyclic amines) is 1. The minimum atomic E-state index is -0.395. The average molecular weight is 328 g/mol. The molecular weight excluding hydrogens is 298 g/mol. The molecule has 1 aliphatic heterocycles. The molecule has 3 atom stereocenters. The van der Waals surface area contributed by atoms with Gasteiger partial charge in [-0.05, 0) is 30.7 Å². The van der Waals surface area contributed by atoms with Gasteiger partial charge in [0.25, 0.3) is 0 Å². The molecule has 0 radical (unpaired) electrons. The van der Waals surface area contributed by atoms with Crippen molar-refractivity contribution in [3.8, 4) is 0 Å². The predicted molar refractivity (Wildman–Crippen MR) is 93.5 cm³/mol. The number of hydrogen-bond acceptors (Lipinski definition) is 3. The van der Waals surface area contributed by atoms with E-state index >= 15 is 0 Å². The fourth-order valence-corrected chi connectivity index (χ4v) is 3.29. The van der Waals surface area contributed by atoms with Crippen molar-refractivity contribution in [3.63, 3.8) is 0 Å². The Morgan fingerprint density at radius 1 is 1.18 bits per heavy atom. The summed E-state index contributed by atoms with van der Waals surface area (Å²) in [6.45, 7) is 10.6. The van der Waals surface area contributed by atoms with E-state index in [4.69, 9.17) is 4.74 Å². The van der Waals surface area contributed by atoms with Crippen molar-refractivity contribution in [2.75, 3.05) is 26.2 Å². The van der Waals surface area contributed by atoms with E-state index in [0.29, 0.717) is 13.2 Å². The Morgan fingerprint density at radius 2 is 1.77 bits per heavy atom. The number of rotatable bonds is 6. The molecule has 4 heteroatoms. The van der Waals surface area contributed by atoms with Gasteiger partial charge in [-0.15, -0.1) is 12.4 Å². The van der Waals surface area contributed by atoms with Crippen molar-refractivity contribution in [3.05, 3.63) is 35.4 Å². The van der Waals surface area contributed by atoms with Gasteiger partial charge >= 0.3 is 0 Å². The second kappa shape index (κ2) is 9.51. The molecule has 126 valence electrons. The van der Waals surface area contributed by atoms with E-state index in [1.807, 2.05) is 0 Å². The third-order valence-electron chi connectivity index (χ3n) is 4.11. The maximum absolute atomic E-state index is 10.1. The molecule has 0 bridgehead atoms. The van der Waals surface area contributed by atoms with Crippen LogP contribution in [0.4, 0.5) is 0 Å². The Kier molecular flexibility index (Phi) is 8.40. The monoisotopic (exact) mass is 327 g/mol. The summed E-state index contributed by atoms with van der Waals surface area (Å²) < 4.78 is 5.64. The van der Waals surface area contributed by atoms with E-state index in [0.717, 1.165) is 37.0 Å². The number of ether oxygens (including phenoxy) is 1. The van der Waals surface area contributed by atoms with Gasteiger partial charge in [-0.3, -0.25) is 0 Å². The Hall–Kier alpha value is -0.610. The molecule has 22 heavy (non-hydrogen) atoms. The normalized spacial score (nSPS) is 23.8. The van der Waals surface area contributed by atoms with E-state index in [-0.39, 0.29) is 12.4 Å². The summed E-state index contributed by atoms with van der Waals surface area (Å²) in [6, 6.07) is 8.34. The van der Waals surface area contributed by atoms with Crippen molar-refractivity contribution in [2.45, 2.75) is 39.9 Å². The van der Waals surface area contributed by atoms with E-state index in [9.17, 15) is 5.11 Å². The van der Waals surface area contributed by atoms with Crippen LogP contribution in [0, 0.1) is 18.8 Å². The molecule has 1 fully saturated rings. The molecule has 1 aromatic rings. The first-order valence-corrected chi connectivity index (χ1v) is 8.06. The summed E-state index contributed by atoms with van der Waals surface area (Å²) in [6.07, 6.45) is 0.907. The number of aryl methyl sites for hydroxylation is 1. The average Bonchev–Trinajstić information content (AvgIpc) is 2.39. The topological polar surface area (TPSA) is 32.7 Å². The number of β-amino-alcohol motifs (C(OH)–C–C–N with tert-alkyl or cyclic N) is 1. The van der Waals surface area contributed by atoms with Gasteiger partial charge in [0.15, 0.2) is 0 Å². The summed E-state index contributed by atoms with van der Waals surface area (Å²) in [5.41, 5.74) is 2.42. The predicted octanol–water partition coefficient (Wildman–Crippen LogP) is 3.27. The fraction of sp³-hybridized carbons (Fsp3) is 0.667. The molecular formula is C18H30ClNO2. The number of benzene rings is 1. The first-order valence-electron chi connectivity index (χ1n) is 8.06. The summed E-state index contributed by atoms with van der Waals surface area (Å²) in [4.78, 5) is 2.37.